The molecule has 0 spiro atoms. The lowest BCUT2D eigenvalue weighted by Gasteiger charge is -2.45. The maximum absolute atomic E-state index is 15.1. The second-order valence-electron chi connectivity index (χ2n) is 8.43. The SMILES string of the molecule is COC[C@@H]1/C=C\COc2c(ccc(F)c2F)[C@@H](c2ccccc2)N2CN1C(=O)c1c(O)c(=O)ccn12. The number of rotatable bonds is 3. The van der Waals surface area contributed by atoms with E-state index in [-0.39, 0.29) is 31.3 Å². The molecule has 1 aromatic heterocycles. The van der Waals surface area contributed by atoms with E-state index >= 15 is 4.39 Å². The first-order chi connectivity index (χ1) is 17.4. The van der Waals surface area contributed by atoms with E-state index in [2.05, 4.69) is 0 Å². The van der Waals surface area contributed by atoms with Crippen molar-refractivity contribution in [1.82, 2.24) is 9.58 Å². The Balaban J connectivity index is 1.83. The minimum atomic E-state index is -1.14. The highest BCUT2D eigenvalue weighted by Crippen LogP contribution is 2.39. The molecule has 0 saturated carbocycles. The number of fused-ring (bicyclic) bond motifs is 5. The number of carbonyl (C=O) groups excluding carboxylic acids is 1. The zero-order valence-electron chi connectivity index (χ0n) is 19.3. The number of halogens is 2. The Morgan fingerprint density at radius 2 is 1.89 bits per heavy atom. The van der Waals surface area contributed by atoms with Gasteiger partial charge in [-0.1, -0.05) is 36.4 Å². The average Bonchev–Trinajstić information content (AvgIpc) is 2.90. The Labute approximate surface area is 205 Å². The fourth-order valence-electron chi connectivity index (χ4n) is 4.64. The fourth-order valence-corrected chi connectivity index (χ4v) is 4.64. The van der Waals surface area contributed by atoms with Crippen LogP contribution < -0.4 is 15.2 Å². The summed E-state index contributed by atoms with van der Waals surface area (Å²) in [6.45, 7) is -0.00245. The molecule has 3 aromatic rings. The number of benzene rings is 2. The molecule has 8 nitrogen and oxygen atoms in total. The number of ether oxygens (including phenoxy) is 2. The van der Waals surface area contributed by atoms with Crippen LogP contribution in [0.3, 0.4) is 0 Å². The fraction of sp³-hybridized carbons (Fsp3) is 0.231. The second-order valence-corrected chi connectivity index (χ2v) is 8.43. The lowest BCUT2D eigenvalue weighted by Crippen LogP contribution is -2.58. The zero-order chi connectivity index (χ0) is 25.4. The summed E-state index contributed by atoms with van der Waals surface area (Å²) in [6, 6.07) is 11.2. The van der Waals surface area contributed by atoms with Crippen molar-refractivity contribution in [2.24, 2.45) is 0 Å². The molecule has 1 N–H and O–H groups in total. The van der Waals surface area contributed by atoms with Gasteiger partial charge in [0, 0.05) is 24.9 Å². The van der Waals surface area contributed by atoms with E-state index in [1.807, 2.05) is 18.2 Å². The highest BCUT2D eigenvalue weighted by Gasteiger charge is 2.40. The highest BCUT2D eigenvalue weighted by atomic mass is 19.2. The van der Waals surface area contributed by atoms with Crippen LogP contribution in [-0.2, 0) is 4.74 Å². The summed E-state index contributed by atoms with van der Waals surface area (Å²) in [4.78, 5) is 27.3. The largest absolute Gasteiger partial charge is 0.502 e. The molecule has 186 valence electrons. The predicted molar refractivity (Wildman–Crippen MR) is 127 cm³/mol. The number of aromatic nitrogens is 1. The first-order valence-corrected chi connectivity index (χ1v) is 11.3. The van der Waals surface area contributed by atoms with Gasteiger partial charge in [-0.15, -0.1) is 0 Å². The molecule has 2 atom stereocenters. The van der Waals surface area contributed by atoms with Crippen LogP contribution in [0.15, 0.2) is 71.7 Å². The molecule has 0 saturated heterocycles. The van der Waals surface area contributed by atoms with Crippen LogP contribution in [-0.4, -0.2) is 53.6 Å². The van der Waals surface area contributed by atoms with Gasteiger partial charge in [-0.3, -0.25) is 19.3 Å². The number of methoxy groups -OCH3 is 1. The Morgan fingerprint density at radius 3 is 2.64 bits per heavy atom. The van der Waals surface area contributed by atoms with Crippen molar-refractivity contribution >= 4 is 5.91 Å². The topological polar surface area (TPSA) is 84.2 Å². The molecule has 0 unspecified atom stereocenters. The lowest BCUT2D eigenvalue weighted by atomic mass is 9.96. The predicted octanol–water partition coefficient (Wildman–Crippen LogP) is 2.94. The van der Waals surface area contributed by atoms with Gasteiger partial charge in [0.15, 0.2) is 23.0 Å². The third-order valence-corrected chi connectivity index (χ3v) is 6.30. The van der Waals surface area contributed by atoms with Crippen molar-refractivity contribution in [1.29, 1.82) is 0 Å². The van der Waals surface area contributed by atoms with Gasteiger partial charge in [0.25, 0.3) is 5.91 Å². The molecule has 5 rings (SSSR count). The smallest absolute Gasteiger partial charge is 0.278 e. The summed E-state index contributed by atoms with van der Waals surface area (Å²) in [5.74, 6) is -3.75. The van der Waals surface area contributed by atoms with Crippen molar-refractivity contribution < 1.29 is 28.2 Å². The third-order valence-electron chi connectivity index (χ3n) is 6.30. The molecule has 2 aliphatic rings. The summed E-state index contributed by atoms with van der Waals surface area (Å²) < 4.78 is 41.8. The van der Waals surface area contributed by atoms with Crippen LogP contribution in [0.2, 0.25) is 0 Å². The number of carbonyl (C=O) groups is 1. The normalized spacial score (nSPS) is 20.1. The number of hydrogen-bond acceptors (Lipinski definition) is 6. The Morgan fingerprint density at radius 1 is 1.11 bits per heavy atom. The van der Waals surface area contributed by atoms with Crippen molar-refractivity contribution in [2.45, 2.75) is 12.1 Å². The summed E-state index contributed by atoms with van der Waals surface area (Å²) in [5.41, 5.74) is 0.0283. The molecule has 0 fully saturated rings. The maximum atomic E-state index is 15.1. The maximum Gasteiger partial charge on any atom is 0.278 e. The number of aromatic hydroxyl groups is 1. The van der Waals surface area contributed by atoms with Crippen LogP contribution in [0.1, 0.15) is 27.7 Å². The van der Waals surface area contributed by atoms with E-state index in [1.54, 1.807) is 29.3 Å². The van der Waals surface area contributed by atoms with E-state index in [1.165, 1.54) is 28.9 Å². The number of pyridine rings is 1. The van der Waals surface area contributed by atoms with E-state index < -0.39 is 40.8 Å². The van der Waals surface area contributed by atoms with Gasteiger partial charge in [-0.25, -0.2) is 4.39 Å². The highest BCUT2D eigenvalue weighted by molar-refractivity contribution is 5.96. The number of amides is 1. The van der Waals surface area contributed by atoms with Crippen LogP contribution in [0.25, 0.3) is 0 Å². The van der Waals surface area contributed by atoms with Gasteiger partial charge >= 0.3 is 0 Å². The van der Waals surface area contributed by atoms with Gasteiger partial charge < -0.3 is 19.5 Å². The Kier molecular flexibility index (Phi) is 6.19. The molecular weight excluding hydrogens is 472 g/mol. The molecule has 2 bridgehead atoms. The van der Waals surface area contributed by atoms with Gasteiger partial charge in [0.2, 0.25) is 11.2 Å². The Bertz CT molecular complexity index is 1390. The van der Waals surface area contributed by atoms with Crippen LogP contribution in [0.5, 0.6) is 11.5 Å². The minimum Gasteiger partial charge on any atom is -0.502 e. The van der Waals surface area contributed by atoms with E-state index in [4.69, 9.17) is 9.47 Å². The van der Waals surface area contributed by atoms with Crippen molar-refractivity contribution in [2.75, 3.05) is 32.0 Å². The Hall–Kier alpha value is -4.18. The first-order valence-electron chi connectivity index (χ1n) is 11.3. The van der Waals surface area contributed by atoms with Crippen molar-refractivity contribution in [3.05, 3.63) is 106 Å². The monoisotopic (exact) mass is 495 g/mol. The third kappa shape index (κ3) is 3.89. The minimum absolute atomic E-state index is 0.0233. The molecule has 10 heteroatoms. The number of hydrogen-bond donors (Lipinski definition) is 1. The number of nitrogens with zero attached hydrogens (tertiary/aromatic N) is 3. The summed E-state index contributed by atoms with van der Waals surface area (Å²) >= 11 is 0. The second kappa shape index (κ2) is 9.46. The average molecular weight is 495 g/mol. The van der Waals surface area contributed by atoms with E-state index in [0.29, 0.717) is 11.1 Å². The van der Waals surface area contributed by atoms with Crippen LogP contribution in [0.4, 0.5) is 8.78 Å². The van der Waals surface area contributed by atoms with E-state index in [9.17, 15) is 19.1 Å². The van der Waals surface area contributed by atoms with Crippen LogP contribution in [0, 0.1) is 11.6 Å². The standard InChI is InChI=1S/C26H23F2N3O5/c1-35-14-17-8-5-13-36-25-18(9-10-19(27)21(25)28)22(16-6-3-2-4-7-16)31-15-29(17)26(34)23-24(33)20(32)11-12-30(23)31/h2-12,17,22,33H,13-15H2,1H3/b8-5-/t17-,22+/m0/s1. The lowest BCUT2D eigenvalue weighted by molar-refractivity contribution is 0.0518. The van der Waals surface area contributed by atoms with Gasteiger partial charge in [-0.05, 0) is 23.8 Å². The summed E-state index contributed by atoms with van der Waals surface area (Å²) in [7, 11) is 1.48. The molecule has 1 amide bonds. The molecule has 3 heterocycles. The van der Waals surface area contributed by atoms with Gasteiger partial charge in [-0.2, -0.15) is 4.39 Å². The van der Waals surface area contributed by atoms with Crippen molar-refractivity contribution in [3.63, 3.8) is 0 Å². The van der Waals surface area contributed by atoms with Gasteiger partial charge in [0.1, 0.15) is 19.3 Å². The quantitative estimate of drug-likeness (QED) is 0.563. The van der Waals surface area contributed by atoms with E-state index in [0.717, 1.165) is 12.1 Å². The van der Waals surface area contributed by atoms with Crippen molar-refractivity contribution in [3.8, 4) is 11.5 Å². The molecule has 0 aliphatic carbocycles. The van der Waals surface area contributed by atoms with Crippen LogP contribution >= 0.6 is 0 Å². The molecule has 2 aliphatic heterocycles. The molecule has 36 heavy (non-hydrogen) atoms. The molecule has 2 aromatic carbocycles. The molecular formula is C26H23F2N3O5. The van der Waals surface area contributed by atoms with Gasteiger partial charge in [0.05, 0.1) is 12.6 Å². The summed E-state index contributed by atoms with van der Waals surface area (Å²) in [6.07, 6.45) is 4.63. The zero-order valence-corrected chi connectivity index (χ0v) is 19.3. The first kappa shape index (κ1) is 23.6. The summed E-state index contributed by atoms with van der Waals surface area (Å²) in [5, 5.41) is 12.4. The molecule has 0 radical (unpaired) electrons.